The second-order valence-electron chi connectivity index (χ2n) is 4.67. The van der Waals surface area contributed by atoms with Crippen LogP contribution in [0.25, 0.3) is 0 Å². The summed E-state index contributed by atoms with van der Waals surface area (Å²) in [6, 6.07) is 13.8. The van der Waals surface area contributed by atoms with Crippen molar-refractivity contribution in [1.29, 1.82) is 0 Å². The molecule has 2 aromatic carbocycles. The summed E-state index contributed by atoms with van der Waals surface area (Å²) in [5, 5.41) is 3.80. The number of ether oxygens (including phenoxy) is 1. The van der Waals surface area contributed by atoms with Gasteiger partial charge in [0.1, 0.15) is 5.75 Å². The molecule has 2 rings (SSSR count). The van der Waals surface area contributed by atoms with Crippen LogP contribution in [-0.2, 0) is 10.0 Å². The Morgan fingerprint density at radius 2 is 1.91 bits per heavy atom. The first-order valence-electron chi connectivity index (χ1n) is 6.85. The number of hydrogen-bond acceptors (Lipinski definition) is 4. The third-order valence-corrected chi connectivity index (χ3v) is 4.11. The first-order chi connectivity index (χ1) is 10.5. The third kappa shape index (κ3) is 4.33. The molecule has 6 heteroatoms. The summed E-state index contributed by atoms with van der Waals surface area (Å²) in [5.41, 5.74) is 1.91. The largest absolute Gasteiger partial charge is 0.494 e. The predicted molar refractivity (Wildman–Crippen MR) is 86.7 cm³/mol. The lowest BCUT2D eigenvalue weighted by molar-refractivity contribution is 0.340. The van der Waals surface area contributed by atoms with E-state index in [-0.39, 0.29) is 4.90 Å². The Hall–Kier alpha value is -2.34. The molecule has 5 nitrogen and oxygen atoms in total. The zero-order chi connectivity index (χ0) is 16.0. The van der Waals surface area contributed by atoms with E-state index < -0.39 is 10.0 Å². The average molecular weight is 318 g/mol. The second kappa shape index (κ2) is 7.09. The molecule has 116 valence electrons. The standard InChI is InChI=1S/C16H18N2O3S/c1-3-21-15-7-9-16(10-8-15)22(19,20)18-17-12-14-6-4-5-13(2)11-14/h4-12,18H,3H2,1-2H3/b17-12-. The number of aryl methyl sites for hydroxylation is 1. The van der Waals surface area contributed by atoms with Gasteiger partial charge in [0, 0.05) is 0 Å². The van der Waals surface area contributed by atoms with E-state index in [1.54, 1.807) is 12.1 Å². The van der Waals surface area contributed by atoms with E-state index in [9.17, 15) is 8.42 Å². The maximum absolute atomic E-state index is 12.1. The Balaban J connectivity index is 2.07. The topological polar surface area (TPSA) is 67.8 Å². The van der Waals surface area contributed by atoms with Crippen molar-refractivity contribution in [2.45, 2.75) is 18.7 Å². The highest BCUT2D eigenvalue weighted by Crippen LogP contribution is 2.15. The monoisotopic (exact) mass is 318 g/mol. The van der Waals surface area contributed by atoms with Crippen molar-refractivity contribution < 1.29 is 13.2 Å². The van der Waals surface area contributed by atoms with Gasteiger partial charge in [0.05, 0.1) is 17.7 Å². The van der Waals surface area contributed by atoms with Crippen molar-refractivity contribution in [3.63, 3.8) is 0 Å². The molecule has 0 aromatic heterocycles. The maximum Gasteiger partial charge on any atom is 0.276 e. The first kappa shape index (κ1) is 16.0. The number of benzene rings is 2. The van der Waals surface area contributed by atoms with Crippen LogP contribution in [0.1, 0.15) is 18.1 Å². The van der Waals surface area contributed by atoms with Crippen LogP contribution in [0.5, 0.6) is 5.75 Å². The van der Waals surface area contributed by atoms with Crippen LogP contribution < -0.4 is 9.57 Å². The number of hydrogen-bond donors (Lipinski definition) is 1. The Labute approximate surface area is 130 Å². The van der Waals surface area contributed by atoms with Gasteiger partial charge in [-0.2, -0.15) is 13.5 Å². The molecule has 0 aliphatic rings. The fraction of sp³-hybridized carbons (Fsp3) is 0.188. The van der Waals surface area contributed by atoms with Crippen LogP contribution in [0, 0.1) is 6.92 Å². The van der Waals surface area contributed by atoms with Gasteiger partial charge in [-0.05, 0) is 43.7 Å². The molecule has 0 spiro atoms. The van der Waals surface area contributed by atoms with Gasteiger partial charge in [0.2, 0.25) is 0 Å². The minimum Gasteiger partial charge on any atom is -0.494 e. The van der Waals surface area contributed by atoms with Crippen molar-refractivity contribution in [1.82, 2.24) is 4.83 Å². The minimum atomic E-state index is -3.68. The molecule has 0 unspecified atom stereocenters. The summed E-state index contributed by atoms with van der Waals surface area (Å²) in [5.74, 6) is 0.629. The fourth-order valence-corrected chi connectivity index (χ4v) is 2.65. The zero-order valence-electron chi connectivity index (χ0n) is 12.5. The first-order valence-corrected chi connectivity index (χ1v) is 8.34. The normalized spacial score (nSPS) is 11.5. The third-order valence-electron chi connectivity index (χ3n) is 2.87. The predicted octanol–water partition coefficient (Wildman–Crippen LogP) is 2.71. The second-order valence-corrected chi connectivity index (χ2v) is 6.33. The number of rotatable bonds is 6. The molecule has 2 aromatic rings. The fourth-order valence-electron chi connectivity index (χ4n) is 1.86. The lowest BCUT2D eigenvalue weighted by atomic mass is 10.2. The molecule has 0 aliphatic heterocycles. The average Bonchev–Trinajstić information content (AvgIpc) is 2.48. The van der Waals surface area contributed by atoms with Crippen LogP contribution in [0.3, 0.4) is 0 Å². The van der Waals surface area contributed by atoms with Gasteiger partial charge in [-0.3, -0.25) is 0 Å². The van der Waals surface area contributed by atoms with Gasteiger partial charge >= 0.3 is 0 Å². The summed E-state index contributed by atoms with van der Waals surface area (Å²) in [6.07, 6.45) is 1.47. The number of sulfonamides is 1. The maximum atomic E-state index is 12.1. The van der Waals surface area contributed by atoms with Crippen molar-refractivity contribution in [2.75, 3.05) is 6.61 Å². The van der Waals surface area contributed by atoms with Crippen molar-refractivity contribution in [2.24, 2.45) is 5.10 Å². The van der Waals surface area contributed by atoms with Crippen molar-refractivity contribution >= 4 is 16.2 Å². The summed E-state index contributed by atoms with van der Waals surface area (Å²) in [6.45, 7) is 4.36. The van der Waals surface area contributed by atoms with E-state index >= 15 is 0 Å². The van der Waals surface area contributed by atoms with Crippen LogP contribution in [0.4, 0.5) is 0 Å². The molecule has 0 aliphatic carbocycles. The molecule has 0 radical (unpaired) electrons. The summed E-state index contributed by atoms with van der Waals surface area (Å²) in [4.78, 5) is 2.33. The quantitative estimate of drug-likeness (QED) is 0.658. The minimum absolute atomic E-state index is 0.136. The number of nitrogens with one attached hydrogen (secondary N) is 1. The molecule has 0 fully saturated rings. The molecule has 0 saturated carbocycles. The van der Waals surface area contributed by atoms with Crippen molar-refractivity contribution in [3.05, 3.63) is 59.7 Å². The van der Waals surface area contributed by atoms with E-state index in [0.29, 0.717) is 12.4 Å². The van der Waals surface area contributed by atoms with E-state index in [0.717, 1.165) is 11.1 Å². The lowest BCUT2D eigenvalue weighted by Crippen LogP contribution is -2.18. The van der Waals surface area contributed by atoms with Gasteiger partial charge in [-0.15, -0.1) is 0 Å². The van der Waals surface area contributed by atoms with Crippen LogP contribution in [-0.4, -0.2) is 21.2 Å². The van der Waals surface area contributed by atoms with Crippen LogP contribution in [0.15, 0.2) is 58.5 Å². The van der Waals surface area contributed by atoms with Gasteiger partial charge in [0.15, 0.2) is 0 Å². The SMILES string of the molecule is CCOc1ccc(S(=O)(=O)N/N=C\c2cccc(C)c2)cc1. The Morgan fingerprint density at radius 3 is 2.55 bits per heavy atom. The van der Waals surface area contributed by atoms with Crippen LogP contribution >= 0.6 is 0 Å². The number of hydrazone groups is 1. The van der Waals surface area contributed by atoms with Gasteiger partial charge in [-0.25, -0.2) is 4.83 Å². The Morgan fingerprint density at radius 1 is 1.18 bits per heavy atom. The molecule has 0 saturated heterocycles. The molecular weight excluding hydrogens is 300 g/mol. The molecule has 0 heterocycles. The Kier molecular flexibility index (Phi) is 5.16. The van der Waals surface area contributed by atoms with Gasteiger partial charge < -0.3 is 4.74 Å². The highest BCUT2D eigenvalue weighted by Gasteiger charge is 2.12. The van der Waals surface area contributed by atoms with Gasteiger partial charge in [-0.1, -0.05) is 29.8 Å². The lowest BCUT2D eigenvalue weighted by Gasteiger charge is -2.05. The summed E-state index contributed by atoms with van der Waals surface area (Å²) >= 11 is 0. The molecular formula is C16H18N2O3S. The van der Waals surface area contributed by atoms with Gasteiger partial charge in [0.25, 0.3) is 10.0 Å². The highest BCUT2D eigenvalue weighted by atomic mass is 32.2. The van der Waals surface area contributed by atoms with Crippen molar-refractivity contribution in [3.8, 4) is 5.75 Å². The highest BCUT2D eigenvalue weighted by molar-refractivity contribution is 7.89. The number of nitrogens with zero attached hydrogens (tertiary/aromatic N) is 1. The molecule has 22 heavy (non-hydrogen) atoms. The molecule has 0 bridgehead atoms. The molecule has 1 N–H and O–H groups in total. The molecule has 0 atom stereocenters. The van der Waals surface area contributed by atoms with E-state index in [1.807, 2.05) is 38.1 Å². The Bertz CT molecular complexity index is 753. The zero-order valence-corrected chi connectivity index (χ0v) is 13.3. The van der Waals surface area contributed by atoms with E-state index in [4.69, 9.17) is 4.74 Å². The van der Waals surface area contributed by atoms with E-state index in [1.165, 1.54) is 18.3 Å². The molecule has 0 amide bonds. The van der Waals surface area contributed by atoms with Crippen LogP contribution in [0.2, 0.25) is 0 Å². The van der Waals surface area contributed by atoms with E-state index in [2.05, 4.69) is 9.93 Å². The summed E-state index contributed by atoms with van der Waals surface area (Å²) in [7, 11) is -3.68. The summed E-state index contributed by atoms with van der Waals surface area (Å²) < 4.78 is 29.5. The smallest absolute Gasteiger partial charge is 0.276 e.